The minimum absolute atomic E-state index is 0.0493. The Morgan fingerprint density at radius 1 is 0.935 bits per heavy atom. The summed E-state index contributed by atoms with van der Waals surface area (Å²) in [6, 6.07) is 25.3. The molecule has 0 N–H and O–H groups in total. The van der Waals surface area contributed by atoms with E-state index in [-0.39, 0.29) is 23.7 Å². The van der Waals surface area contributed by atoms with Gasteiger partial charge in [0, 0.05) is 12.1 Å². The number of anilines is 1. The molecule has 158 valence electrons. The molecule has 1 amide bonds. The third-order valence-electron chi connectivity index (χ3n) is 5.32. The zero-order chi connectivity index (χ0) is 21.8. The van der Waals surface area contributed by atoms with E-state index in [4.69, 9.17) is 4.99 Å². The van der Waals surface area contributed by atoms with Crippen LogP contribution in [0.15, 0.2) is 89.9 Å². The van der Waals surface area contributed by atoms with E-state index >= 15 is 0 Å². The first-order valence-electron chi connectivity index (χ1n) is 10.1. The molecule has 0 aliphatic carbocycles. The van der Waals surface area contributed by atoms with Gasteiger partial charge in [-0.3, -0.25) is 14.7 Å². The summed E-state index contributed by atoms with van der Waals surface area (Å²) in [4.78, 5) is 19.8. The van der Waals surface area contributed by atoms with Crippen LogP contribution >= 0.6 is 0 Å². The minimum Gasteiger partial charge on any atom is -0.435 e. The topological polar surface area (TPSA) is 41.9 Å². The SMILES string of the molecule is C[C@@H](N=C1C[C@@H](c2ccccc2)N(c2ccc(OC(F)F)cc2)C1=O)c1ccccc1. The number of nitrogens with zero attached hydrogens (tertiary/aromatic N) is 2. The molecule has 0 aromatic heterocycles. The molecule has 0 spiro atoms. The molecule has 1 saturated heterocycles. The lowest BCUT2D eigenvalue weighted by Crippen LogP contribution is -2.29. The predicted octanol–water partition coefficient (Wildman–Crippen LogP) is 5.97. The lowest BCUT2D eigenvalue weighted by atomic mass is 10.0. The van der Waals surface area contributed by atoms with Crippen LogP contribution in [0.3, 0.4) is 0 Å². The molecule has 1 fully saturated rings. The molecule has 3 aromatic carbocycles. The molecule has 4 nitrogen and oxygen atoms in total. The van der Waals surface area contributed by atoms with Crippen molar-refractivity contribution in [3.8, 4) is 5.75 Å². The van der Waals surface area contributed by atoms with Gasteiger partial charge in [-0.25, -0.2) is 0 Å². The van der Waals surface area contributed by atoms with E-state index in [1.807, 2.05) is 67.6 Å². The van der Waals surface area contributed by atoms with Crippen molar-refractivity contribution in [2.24, 2.45) is 4.99 Å². The maximum atomic E-state index is 13.4. The van der Waals surface area contributed by atoms with Crippen molar-refractivity contribution in [2.45, 2.75) is 32.0 Å². The zero-order valence-corrected chi connectivity index (χ0v) is 17.0. The van der Waals surface area contributed by atoms with Crippen molar-refractivity contribution < 1.29 is 18.3 Å². The number of amides is 1. The van der Waals surface area contributed by atoms with Crippen LogP contribution in [0.1, 0.15) is 36.6 Å². The second kappa shape index (κ2) is 9.08. The molecule has 4 rings (SSSR count). The number of carbonyl (C=O) groups excluding carboxylic acids is 1. The average molecular weight is 420 g/mol. The average Bonchev–Trinajstić information content (AvgIpc) is 3.11. The summed E-state index contributed by atoms with van der Waals surface area (Å²) < 4.78 is 29.4. The monoisotopic (exact) mass is 420 g/mol. The van der Waals surface area contributed by atoms with Gasteiger partial charge in [-0.05, 0) is 42.3 Å². The van der Waals surface area contributed by atoms with Gasteiger partial charge < -0.3 is 4.74 Å². The number of rotatable bonds is 6. The fraction of sp³-hybridized carbons (Fsp3) is 0.200. The highest BCUT2D eigenvalue weighted by Crippen LogP contribution is 2.37. The second-order valence-electron chi connectivity index (χ2n) is 7.34. The van der Waals surface area contributed by atoms with Crippen LogP contribution in [-0.2, 0) is 4.79 Å². The number of carbonyl (C=O) groups is 1. The van der Waals surface area contributed by atoms with E-state index in [9.17, 15) is 13.6 Å². The third kappa shape index (κ3) is 4.63. The maximum Gasteiger partial charge on any atom is 0.387 e. The van der Waals surface area contributed by atoms with Gasteiger partial charge in [0.15, 0.2) is 0 Å². The molecule has 31 heavy (non-hydrogen) atoms. The molecular formula is C25H22F2N2O2. The number of aliphatic imine (C=N–C) groups is 1. The summed E-state index contributed by atoms with van der Waals surface area (Å²) in [6.45, 7) is -0.929. The highest BCUT2D eigenvalue weighted by atomic mass is 19.3. The number of hydrogen-bond acceptors (Lipinski definition) is 3. The molecule has 0 unspecified atom stereocenters. The number of benzene rings is 3. The van der Waals surface area contributed by atoms with E-state index in [1.54, 1.807) is 17.0 Å². The maximum absolute atomic E-state index is 13.4. The summed E-state index contributed by atoms with van der Waals surface area (Å²) in [5.74, 6) is -0.132. The Labute approximate surface area is 179 Å². The van der Waals surface area contributed by atoms with Crippen molar-refractivity contribution in [3.63, 3.8) is 0 Å². The number of ether oxygens (including phenoxy) is 1. The molecule has 0 bridgehead atoms. The first-order valence-corrected chi connectivity index (χ1v) is 10.1. The highest BCUT2D eigenvalue weighted by Gasteiger charge is 2.38. The van der Waals surface area contributed by atoms with E-state index < -0.39 is 6.61 Å². The van der Waals surface area contributed by atoms with Crippen LogP contribution in [0.2, 0.25) is 0 Å². The van der Waals surface area contributed by atoms with Crippen LogP contribution in [0.25, 0.3) is 0 Å². The van der Waals surface area contributed by atoms with Crippen molar-refractivity contribution in [3.05, 3.63) is 96.1 Å². The summed E-state index contributed by atoms with van der Waals surface area (Å²) in [5, 5.41) is 0. The molecule has 0 radical (unpaired) electrons. The van der Waals surface area contributed by atoms with Crippen LogP contribution in [0, 0.1) is 0 Å². The first-order chi connectivity index (χ1) is 15.0. The van der Waals surface area contributed by atoms with Gasteiger partial charge in [0.05, 0.1) is 12.1 Å². The fourth-order valence-electron chi connectivity index (χ4n) is 3.82. The lowest BCUT2D eigenvalue weighted by Gasteiger charge is -2.24. The number of alkyl halides is 2. The molecular weight excluding hydrogens is 398 g/mol. The van der Waals surface area contributed by atoms with E-state index in [0.29, 0.717) is 17.8 Å². The summed E-state index contributed by atoms with van der Waals surface area (Å²) >= 11 is 0. The lowest BCUT2D eigenvalue weighted by molar-refractivity contribution is -0.112. The van der Waals surface area contributed by atoms with Gasteiger partial charge >= 0.3 is 6.61 Å². The Morgan fingerprint density at radius 3 is 2.16 bits per heavy atom. The van der Waals surface area contributed by atoms with Gasteiger partial charge in [-0.15, -0.1) is 0 Å². The van der Waals surface area contributed by atoms with Gasteiger partial charge in [0.1, 0.15) is 11.5 Å². The molecule has 6 heteroatoms. The summed E-state index contributed by atoms with van der Waals surface area (Å²) in [5.41, 5.74) is 3.13. The molecule has 0 saturated carbocycles. The summed E-state index contributed by atoms with van der Waals surface area (Å²) in [7, 11) is 0. The van der Waals surface area contributed by atoms with Gasteiger partial charge in [0.2, 0.25) is 0 Å². The van der Waals surface area contributed by atoms with Crippen LogP contribution in [0.5, 0.6) is 5.75 Å². The summed E-state index contributed by atoms with van der Waals surface area (Å²) in [6.07, 6.45) is 0.468. The Balaban J connectivity index is 1.67. The largest absolute Gasteiger partial charge is 0.435 e. The first kappa shape index (κ1) is 20.7. The number of halogens is 2. The fourth-order valence-corrected chi connectivity index (χ4v) is 3.82. The van der Waals surface area contributed by atoms with Crippen molar-refractivity contribution in [2.75, 3.05) is 4.90 Å². The molecule has 1 aliphatic heterocycles. The molecule has 1 heterocycles. The molecule has 3 aromatic rings. The van der Waals surface area contributed by atoms with E-state index in [1.165, 1.54) is 12.1 Å². The van der Waals surface area contributed by atoms with Gasteiger partial charge in [0.25, 0.3) is 5.91 Å². The predicted molar refractivity (Wildman–Crippen MR) is 117 cm³/mol. The van der Waals surface area contributed by atoms with Crippen LogP contribution < -0.4 is 9.64 Å². The second-order valence-corrected chi connectivity index (χ2v) is 7.34. The Morgan fingerprint density at radius 2 is 1.55 bits per heavy atom. The molecule has 2 atom stereocenters. The van der Waals surface area contributed by atoms with Crippen molar-refractivity contribution >= 4 is 17.3 Å². The normalized spacial score (nSPS) is 18.6. The van der Waals surface area contributed by atoms with Crippen LogP contribution in [-0.4, -0.2) is 18.2 Å². The third-order valence-corrected chi connectivity index (χ3v) is 5.32. The van der Waals surface area contributed by atoms with E-state index in [0.717, 1.165) is 11.1 Å². The Hall–Kier alpha value is -3.54. The Bertz CT molecular complexity index is 1050. The van der Waals surface area contributed by atoms with Crippen molar-refractivity contribution in [1.82, 2.24) is 0 Å². The zero-order valence-electron chi connectivity index (χ0n) is 17.0. The highest BCUT2D eigenvalue weighted by molar-refractivity contribution is 6.46. The van der Waals surface area contributed by atoms with Gasteiger partial charge in [-0.2, -0.15) is 8.78 Å². The molecule has 1 aliphatic rings. The number of hydrogen-bond donors (Lipinski definition) is 0. The van der Waals surface area contributed by atoms with Crippen LogP contribution in [0.4, 0.5) is 14.5 Å². The van der Waals surface area contributed by atoms with Gasteiger partial charge in [-0.1, -0.05) is 60.7 Å². The Kier molecular flexibility index (Phi) is 6.07. The van der Waals surface area contributed by atoms with E-state index in [2.05, 4.69) is 4.74 Å². The standard InChI is InChI=1S/C25H22F2N2O2/c1-17(18-8-4-2-5-9-18)28-22-16-23(19-10-6-3-7-11-19)29(24(22)30)20-12-14-21(15-13-20)31-25(26)27/h2-15,17,23,25H,16H2,1H3/t17-,23+/m1/s1. The quantitative estimate of drug-likeness (QED) is 0.493. The smallest absolute Gasteiger partial charge is 0.387 e. The van der Waals surface area contributed by atoms with Crippen molar-refractivity contribution in [1.29, 1.82) is 0 Å². The minimum atomic E-state index is -2.89.